The number of benzene rings is 2. The lowest BCUT2D eigenvalue weighted by molar-refractivity contribution is 0.584. The number of hydrogen-bond donors (Lipinski definition) is 0. The molecule has 76 valence electrons. The van der Waals surface area contributed by atoms with E-state index in [9.17, 15) is 8.78 Å². The van der Waals surface area contributed by atoms with Gasteiger partial charge in [-0.2, -0.15) is 0 Å². The summed E-state index contributed by atoms with van der Waals surface area (Å²) in [6, 6.07) is 10.2. The highest BCUT2D eigenvalue weighted by atomic mass is 35.5. The average Bonchev–Trinajstić information content (AvgIpc) is 2.16. The van der Waals surface area contributed by atoms with Crippen LogP contribution in [0.2, 0.25) is 5.02 Å². The van der Waals surface area contributed by atoms with Crippen LogP contribution in [0.15, 0.2) is 42.5 Å². The van der Waals surface area contributed by atoms with Crippen LogP contribution < -0.4 is 0 Å². The van der Waals surface area contributed by atoms with Crippen molar-refractivity contribution in [2.75, 3.05) is 0 Å². The summed E-state index contributed by atoms with van der Waals surface area (Å²) in [6.45, 7) is 0. The highest BCUT2D eigenvalue weighted by Crippen LogP contribution is 2.24. The maximum atomic E-state index is 12.9. The monoisotopic (exact) mass is 224 g/mol. The van der Waals surface area contributed by atoms with Crippen molar-refractivity contribution in [1.29, 1.82) is 0 Å². The van der Waals surface area contributed by atoms with Crippen molar-refractivity contribution in [3.05, 3.63) is 59.1 Å². The fraction of sp³-hybridized carbons (Fsp3) is 0. The van der Waals surface area contributed by atoms with Gasteiger partial charge in [0.2, 0.25) is 0 Å². The van der Waals surface area contributed by atoms with E-state index in [0.29, 0.717) is 16.1 Å². The molecular formula is C12H7ClF2. The molecule has 0 N–H and O–H groups in total. The van der Waals surface area contributed by atoms with Gasteiger partial charge in [0.05, 0.1) is 0 Å². The number of hydrogen-bond acceptors (Lipinski definition) is 0. The summed E-state index contributed by atoms with van der Waals surface area (Å²) in [5, 5.41) is 0.539. The molecule has 0 nitrogen and oxygen atoms in total. The van der Waals surface area contributed by atoms with Gasteiger partial charge in [0.25, 0.3) is 0 Å². The topological polar surface area (TPSA) is 0 Å². The minimum atomic E-state index is -0.593. The standard InChI is InChI=1S/C12H7ClF2/c13-10-3-1-2-8(4-10)9-5-11(14)7-12(15)6-9/h1-7H. The maximum Gasteiger partial charge on any atom is 0.126 e. The molecule has 0 unspecified atom stereocenters. The summed E-state index contributed by atoms with van der Waals surface area (Å²) < 4.78 is 25.9. The van der Waals surface area contributed by atoms with E-state index in [1.54, 1.807) is 24.3 Å². The van der Waals surface area contributed by atoms with Crippen LogP contribution in [-0.2, 0) is 0 Å². The molecule has 0 saturated heterocycles. The van der Waals surface area contributed by atoms with Crippen LogP contribution in [-0.4, -0.2) is 0 Å². The van der Waals surface area contributed by atoms with E-state index >= 15 is 0 Å². The minimum Gasteiger partial charge on any atom is -0.207 e. The van der Waals surface area contributed by atoms with Gasteiger partial charge in [0.15, 0.2) is 0 Å². The van der Waals surface area contributed by atoms with Crippen molar-refractivity contribution in [3.63, 3.8) is 0 Å². The first-order valence-corrected chi connectivity index (χ1v) is 4.75. The normalized spacial score (nSPS) is 10.3. The summed E-state index contributed by atoms with van der Waals surface area (Å²) >= 11 is 5.79. The molecule has 0 amide bonds. The van der Waals surface area contributed by atoms with Crippen LogP contribution >= 0.6 is 11.6 Å². The van der Waals surface area contributed by atoms with Crippen LogP contribution in [0.25, 0.3) is 11.1 Å². The summed E-state index contributed by atoms with van der Waals surface area (Å²) in [5.41, 5.74) is 1.18. The molecule has 0 aromatic heterocycles. The zero-order valence-electron chi connectivity index (χ0n) is 7.68. The second-order valence-corrected chi connectivity index (χ2v) is 3.60. The van der Waals surface area contributed by atoms with Gasteiger partial charge < -0.3 is 0 Å². The molecule has 2 rings (SSSR count). The fourth-order valence-electron chi connectivity index (χ4n) is 1.39. The van der Waals surface area contributed by atoms with Gasteiger partial charge in [0.1, 0.15) is 11.6 Å². The van der Waals surface area contributed by atoms with Gasteiger partial charge in [0, 0.05) is 11.1 Å². The molecule has 0 aliphatic carbocycles. The molecule has 0 aliphatic rings. The van der Waals surface area contributed by atoms with Crippen molar-refractivity contribution in [2.45, 2.75) is 0 Å². The number of halogens is 3. The highest BCUT2D eigenvalue weighted by molar-refractivity contribution is 6.30. The third-order valence-electron chi connectivity index (χ3n) is 2.02. The first kappa shape index (κ1) is 10.1. The minimum absolute atomic E-state index is 0.481. The Labute approximate surface area is 91.1 Å². The Hall–Kier alpha value is -1.41. The van der Waals surface area contributed by atoms with Crippen molar-refractivity contribution >= 4 is 11.6 Å². The average molecular weight is 225 g/mol. The highest BCUT2D eigenvalue weighted by Gasteiger charge is 2.03. The molecule has 3 heteroatoms. The second kappa shape index (κ2) is 3.99. The van der Waals surface area contributed by atoms with Gasteiger partial charge in [-0.1, -0.05) is 23.7 Å². The largest absolute Gasteiger partial charge is 0.207 e. The van der Waals surface area contributed by atoms with Crippen molar-refractivity contribution in [3.8, 4) is 11.1 Å². The lowest BCUT2D eigenvalue weighted by atomic mass is 10.1. The summed E-state index contributed by atoms with van der Waals surface area (Å²) in [6.07, 6.45) is 0. The fourth-order valence-corrected chi connectivity index (χ4v) is 1.58. The summed E-state index contributed by atoms with van der Waals surface area (Å²) in [4.78, 5) is 0. The van der Waals surface area contributed by atoms with Gasteiger partial charge in [-0.25, -0.2) is 8.78 Å². The van der Waals surface area contributed by atoms with Crippen molar-refractivity contribution in [2.24, 2.45) is 0 Å². The predicted molar refractivity (Wildman–Crippen MR) is 56.8 cm³/mol. The van der Waals surface area contributed by atoms with E-state index in [2.05, 4.69) is 0 Å². The Bertz CT molecular complexity index is 474. The molecule has 0 aliphatic heterocycles. The van der Waals surface area contributed by atoms with Crippen molar-refractivity contribution < 1.29 is 8.78 Å². The molecule has 0 fully saturated rings. The molecule has 0 spiro atoms. The molecule has 2 aromatic carbocycles. The van der Waals surface area contributed by atoms with E-state index in [0.717, 1.165) is 6.07 Å². The van der Waals surface area contributed by atoms with E-state index in [1.807, 2.05) is 0 Å². The summed E-state index contributed by atoms with van der Waals surface area (Å²) in [7, 11) is 0. The smallest absolute Gasteiger partial charge is 0.126 e. The van der Waals surface area contributed by atoms with E-state index in [4.69, 9.17) is 11.6 Å². The zero-order chi connectivity index (χ0) is 10.8. The third kappa shape index (κ3) is 2.34. The van der Waals surface area contributed by atoms with Crippen LogP contribution in [0.4, 0.5) is 8.78 Å². The molecule has 0 atom stereocenters. The van der Waals surface area contributed by atoms with Gasteiger partial charge in [-0.05, 0) is 35.4 Å². The Morgan fingerprint density at radius 3 is 2.07 bits per heavy atom. The Morgan fingerprint density at radius 2 is 1.47 bits per heavy atom. The molecular weight excluding hydrogens is 218 g/mol. The SMILES string of the molecule is Fc1cc(F)cc(-c2cccc(Cl)c2)c1. The van der Waals surface area contributed by atoms with Crippen LogP contribution in [0, 0.1) is 11.6 Å². The molecule has 0 saturated carbocycles. The first-order chi connectivity index (χ1) is 7.15. The van der Waals surface area contributed by atoms with E-state index < -0.39 is 11.6 Å². The van der Waals surface area contributed by atoms with Gasteiger partial charge >= 0.3 is 0 Å². The van der Waals surface area contributed by atoms with Crippen molar-refractivity contribution in [1.82, 2.24) is 0 Å². The Morgan fingerprint density at radius 1 is 0.800 bits per heavy atom. The number of rotatable bonds is 1. The summed E-state index contributed by atoms with van der Waals surface area (Å²) in [5.74, 6) is -1.19. The van der Waals surface area contributed by atoms with Gasteiger partial charge in [-0.15, -0.1) is 0 Å². The molecule has 2 aromatic rings. The molecule has 0 radical (unpaired) electrons. The van der Waals surface area contributed by atoms with Gasteiger partial charge in [-0.3, -0.25) is 0 Å². The Balaban J connectivity index is 2.54. The van der Waals surface area contributed by atoms with Crippen LogP contribution in [0.1, 0.15) is 0 Å². The predicted octanol–water partition coefficient (Wildman–Crippen LogP) is 4.29. The van der Waals surface area contributed by atoms with E-state index in [1.165, 1.54) is 12.1 Å². The molecule has 0 bridgehead atoms. The quantitative estimate of drug-likeness (QED) is 0.678. The lowest BCUT2D eigenvalue weighted by Gasteiger charge is -2.02. The maximum absolute atomic E-state index is 12.9. The zero-order valence-corrected chi connectivity index (χ0v) is 8.43. The first-order valence-electron chi connectivity index (χ1n) is 4.37. The van der Waals surface area contributed by atoms with E-state index in [-0.39, 0.29) is 0 Å². The van der Waals surface area contributed by atoms with Crippen LogP contribution in [0.5, 0.6) is 0 Å². The Kier molecular flexibility index (Phi) is 2.69. The van der Waals surface area contributed by atoms with Crippen LogP contribution in [0.3, 0.4) is 0 Å². The third-order valence-corrected chi connectivity index (χ3v) is 2.26. The molecule has 15 heavy (non-hydrogen) atoms. The molecule has 0 heterocycles. The second-order valence-electron chi connectivity index (χ2n) is 3.17. The lowest BCUT2D eigenvalue weighted by Crippen LogP contribution is -1.83.